The molecule has 2 heteroatoms. The molecule has 0 saturated heterocycles. The fraction of sp³-hybridized carbons (Fsp3) is 0.474. The van der Waals surface area contributed by atoms with E-state index in [0.29, 0.717) is 6.42 Å². The molecule has 0 spiro atoms. The Morgan fingerprint density at radius 1 is 1.14 bits per heavy atom. The number of aliphatic hydroxyl groups is 1. The van der Waals surface area contributed by atoms with Crippen molar-refractivity contribution in [2.24, 2.45) is 0 Å². The second kappa shape index (κ2) is 5.58. The molecule has 21 heavy (non-hydrogen) atoms. The normalized spacial score (nSPS) is 16.0. The minimum absolute atomic E-state index is 0.186. The van der Waals surface area contributed by atoms with Crippen LogP contribution in [0.25, 0.3) is 0 Å². The number of benzene rings is 1. The molecule has 2 aromatic rings. The number of aliphatic hydroxyl groups excluding tert-OH is 1. The van der Waals surface area contributed by atoms with Gasteiger partial charge in [-0.25, -0.2) is 0 Å². The number of rotatable bonds is 3. The van der Waals surface area contributed by atoms with E-state index in [1.807, 2.05) is 0 Å². The summed E-state index contributed by atoms with van der Waals surface area (Å²) in [6.07, 6.45) is 4.03. The predicted molar refractivity (Wildman–Crippen MR) is 90.1 cm³/mol. The molecule has 1 unspecified atom stereocenters. The average Bonchev–Trinajstić information content (AvgIpc) is 2.98. The average molecular weight is 300 g/mol. The van der Waals surface area contributed by atoms with Gasteiger partial charge in [-0.05, 0) is 47.4 Å². The van der Waals surface area contributed by atoms with Crippen LogP contribution in [-0.2, 0) is 24.7 Å². The lowest BCUT2D eigenvalue weighted by atomic mass is 9.86. The molecule has 1 N–H and O–H groups in total. The van der Waals surface area contributed by atoms with Crippen molar-refractivity contribution in [3.8, 4) is 0 Å². The van der Waals surface area contributed by atoms with Crippen molar-refractivity contribution >= 4 is 11.3 Å². The molecule has 1 atom stereocenters. The first-order chi connectivity index (χ1) is 9.93. The van der Waals surface area contributed by atoms with E-state index in [9.17, 15) is 5.11 Å². The second-order valence-electron chi connectivity index (χ2n) is 7.12. The van der Waals surface area contributed by atoms with Crippen LogP contribution in [0, 0.1) is 0 Å². The van der Waals surface area contributed by atoms with Crippen LogP contribution in [0.15, 0.2) is 30.3 Å². The Kier molecular flexibility index (Phi) is 3.94. The summed E-state index contributed by atoms with van der Waals surface area (Å²) in [5.74, 6) is 0. The van der Waals surface area contributed by atoms with E-state index in [2.05, 4.69) is 51.1 Å². The van der Waals surface area contributed by atoms with Gasteiger partial charge in [0.25, 0.3) is 0 Å². The van der Waals surface area contributed by atoms with Crippen LogP contribution in [0.4, 0.5) is 0 Å². The Bertz CT molecular complexity index is 595. The van der Waals surface area contributed by atoms with Gasteiger partial charge in [-0.2, -0.15) is 0 Å². The Morgan fingerprint density at radius 3 is 2.48 bits per heavy atom. The highest BCUT2D eigenvalue weighted by Crippen LogP contribution is 2.35. The van der Waals surface area contributed by atoms with Crippen molar-refractivity contribution in [3.05, 3.63) is 56.8 Å². The zero-order valence-electron chi connectivity index (χ0n) is 13.1. The fourth-order valence-electron chi connectivity index (χ4n) is 2.98. The largest absolute Gasteiger partial charge is 0.387 e. The maximum absolute atomic E-state index is 10.5. The molecule has 0 saturated carbocycles. The molecular weight excluding hydrogens is 276 g/mol. The lowest BCUT2D eigenvalue weighted by Crippen LogP contribution is -2.11. The van der Waals surface area contributed by atoms with Gasteiger partial charge in [0.15, 0.2) is 0 Å². The van der Waals surface area contributed by atoms with E-state index in [-0.39, 0.29) is 11.5 Å². The molecule has 1 nitrogen and oxygen atoms in total. The molecule has 0 radical (unpaired) electrons. The topological polar surface area (TPSA) is 20.2 Å². The Morgan fingerprint density at radius 2 is 1.86 bits per heavy atom. The SMILES string of the molecule is CC(C)(C)c1ccc(CC(O)c2cc3c(s2)CCC3)cc1. The summed E-state index contributed by atoms with van der Waals surface area (Å²) in [4.78, 5) is 2.63. The van der Waals surface area contributed by atoms with Gasteiger partial charge in [0, 0.05) is 16.2 Å². The van der Waals surface area contributed by atoms with Crippen LogP contribution in [0.2, 0.25) is 0 Å². The maximum Gasteiger partial charge on any atom is 0.0922 e. The van der Waals surface area contributed by atoms with Crippen LogP contribution in [-0.4, -0.2) is 5.11 Å². The van der Waals surface area contributed by atoms with Crippen LogP contribution < -0.4 is 0 Å². The standard InChI is InChI=1S/C19H24OS/c1-19(2,3)15-9-7-13(8-10-15)11-16(20)18-12-14-5-4-6-17(14)21-18/h7-10,12,16,20H,4-6,11H2,1-3H3. The first-order valence-corrected chi connectivity index (χ1v) is 8.64. The smallest absolute Gasteiger partial charge is 0.0922 e. The summed E-state index contributed by atoms with van der Waals surface area (Å²) in [5, 5.41) is 10.5. The molecule has 1 aliphatic rings. The van der Waals surface area contributed by atoms with Gasteiger partial charge in [0.05, 0.1) is 6.10 Å². The number of hydrogen-bond acceptors (Lipinski definition) is 2. The van der Waals surface area contributed by atoms with E-state index in [1.54, 1.807) is 11.3 Å². The van der Waals surface area contributed by atoms with E-state index in [4.69, 9.17) is 0 Å². The van der Waals surface area contributed by atoms with Gasteiger partial charge in [-0.15, -0.1) is 11.3 Å². The molecule has 112 valence electrons. The third-order valence-corrected chi connectivity index (χ3v) is 5.68. The molecule has 1 aromatic heterocycles. The van der Waals surface area contributed by atoms with E-state index < -0.39 is 0 Å². The number of thiophene rings is 1. The van der Waals surface area contributed by atoms with Gasteiger partial charge < -0.3 is 5.11 Å². The molecule has 3 rings (SSSR count). The Labute approximate surface area is 131 Å². The molecule has 1 aliphatic carbocycles. The van der Waals surface area contributed by atoms with Crippen molar-refractivity contribution in [3.63, 3.8) is 0 Å². The molecular formula is C19H24OS. The molecule has 0 bridgehead atoms. The minimum Gasteiger partial charge on any atom is -0.387 e. The molecule has 0 amide bonds. The van der Waals surface area contributed by atoms with Crippen molar-refractivity contribution in [1.29, 1.82) is 0 Å². The van der Waals surface area contributed by atoms with Gasteiger partial charge >= 0.3 is 0 Å². The molecule has 1 heterocycles. The fourth-order valence-corrected chi connectivity index (χ4v) is 4.22. The summed E-state index contributed by atoms with van der Waals surface area (Å²) in [6, 6.07) is 10.9. The second-order valence-corrected chi connectivity index (χ2v) is 8.29. The zero-order chi connectivity index (χ0) is 15.0. The first kappa shape index (κ1) is 14.8. The van der Waals surface area contributed by atoms with Crippen molar-refractivity contribution in [1.82, 2.24) is 0 Å². The Hall–Kier alpha value is -1.12. The van der Waals surface area contributed by atoms with Crippen molar-refractivity contribution in [2.45, 2.75) is 58.0 Å². The van der Waals surface area contributed by atoms with Gasteiger partial charge in [-0.3, -0.25) is 0 Å². The number of aryl methyl sites for hydroxylation is 2. The third kappa shape index (κ3) is 3.22. The summed E-state index contributed by atoms with van der Waals surface area (Å²) in [7, 11) is 0. The highest BCUT2D eigenvalue weighted by atomic mass is 32.1. The summed E-state index contributed by atoms with van der Waals surface area (Å²) < 4.78 is 0. The monoisotopic (exact) mass is 300 g/mol. The predicted octanol–water partition coefficient (Wildman–Crippen LogP) is 4.81. The highest BCUT2D eigenvalue weighted by Gasteiger charge is 2.19. The lowest BCUT2D eigenvalue weighted by molar-refractivity contribution is 0.182. The summed E-state index contributed by atoms with van der Waals surface area (Å²) >= 11 is 1.81. The number of hydrogen-bond donors (Lipinski definition) is 1. The van der Waals surface area contributed by atoms with Crippen molar-refractivity contribution < 1.29 is 5.11 Å². The summed E-state index contributed by atoms with van der Waals surface area (Å²) in [5.41, 5.74) is 4.21. The van der Waals surface area contributed by atoms with Gasteiger partial charge in [0.1, 0.15) is 0 Å². The van der Waals surface area contributed by atoms with Crippen LogP contribution >= 0.6 is 11.3 Å². The highest BCUT2D eigenvalue weighted by molar-refractivity contribution is 7.12. The Balaban J connectivity index is 1.70. The van der Waals surface area contributed by atoms with Crippen LogP contribution in [0.5, 0.6) is 0 Å². The van der Waals surface area contributed by atoms with Gasteiger partial charge in [0.2, 0.25) is 0 Å². The number of fused-ring (bicyclic) bond motifs is 1. The van der Waals surface area contributed by atoms with Crippen LogP contribution in [0.3, 0.4) is 0 Å². The van der Waals surface area contributed by atoms with Crippen LogP contribution in [0.1, 0.15) is 59.7 Å². The van der Waals surface area contributed by atoms with Crippen molar-refractivity contribution in [2.75, 3.05) is 0 Å². The molecule has 0 aliphatic heterocycles. The molecule has 0 fully saturated rings. The third-order valence-electron chi connectivity index (χ3n) is 4.34. The quantitative estimate of drug-likeness (QED) is 0.862. The van der Waals surface area contributed by atoms with E-state index >= 15 is 0 Å². The molecule has 1 aromatic carbocycles. The van der Waals surface area contributed by atoms with E-state index in [1.165, 1.54) is 40.8 Å². The summed E-state index contributed by atoms with van der Waals surface area (Å²) in [6.45, 7) is 6.68. The van der Waals surface area contributed by atoms with E-state index in [0.717, 1.165) is 4.88 Å². The lowest BCUT2D eigenvalue weighted by Gasteiger charge is -2.19. The minimum atomic E-state index is -0.360. The first-order valence-electron chi connectivity index (χ1n) is 7.82. The maximum atomic E-state index is 10.5. The zero-order valence-corrected chi connectivity index (χ0v) is 14.0. The van der Waals surface area contributed by atoms with Gasteiger partial charge in [-0.1, -0.05) is 45.0 Å².